The summed E-state index contributed by atoms with van der Waals surface area (Å²) < 4.78 is 5.32. The first-order valence-corrected chi connectivity index (χ1v) is 10.5. The molecule has 0 heterocycles. The number of hydrogen-bond donors (Lipinski definition) is 5. The molecule has 0 spiro atoms. The number of rotatable bonds is 4. The Hall–Kier alpha value is -4.59. The third-order valence-electron chi connectivity index (χ3n) is 6.64. The van der Waals surface area contributed by atoms with Gasteiger partial charge < -0.3 is 30.9 Å². The highest BCUT2D eigenvalue weighted by molar-refractivity contribution is 6.25. The van der Waals surface area contributed by atoms with Gasteiger partial charge in [-0.3, -0.25) is 34.1 Å². The van der Waals surface area contributed by atoms with Crippen LogP contribution in [0.3, 0.4) is 0 Å². The molecule has 36 heavy (non-hydrogen) atoms. The number of nitro benzene ring substituents is 1. The number of carbonyl (C=O) groups is 5. The zero-order chi connectivity index (χ0) is 26.9. The van der Waals surface area contributed by atoms with E-state index in [4.69, 9.17) is 10.5 Å². The highest BCUT2D eigenvalue weighted by Crippen LogP contribution is 2.53. The van der Waals surface area contributed by atoms with Crippen LogP contribution < -0.4 is 5.73 Å². The number of aromatic hydroxyl groups is 1. The topological polar surface area (TPSA) is 245 Å². The molecule has 1 fully saturated rings. The minimum atomic E-state index is -3.15. The summed E-state index contributed by atoms with van der Waals surface area (Å²) in [5.41, 5.74) is -2.23. The van der Waals surface area contributed by atoms with Crippen LogP contribution in [0.1, 0.15) is 35.7 Å². The number of esters is 1. The average molecular weight is 502 g/mol. The molecule has 4 rings (SSSR count). The predicted octanol–water partition coefficient (Wildman–Crippen LogP) is -0.0960. The normalized spacial score (nSPS) is 27.3. The summed E-state index contributed by atoms with van der Waals surface area (Å²) in [6, 6.07) is 1.71. The number of ketones is 3. The molecule has 3 aliphatic rings. The molecule has 188 valence electrons. The number of ether oxygens (including phenoxy) is 1. The third kappa shape index (κ3) is 3.04. The lowest BCUT2D eigenvalue weighted by Crippen LogP contribution is -2.65. The Bertz CT molecular complexity index is 1370. The number of carbonyl (C=O) groups excluding carboxylic acids is 5. The van der Waals surface area contributed by atoms with Crippen LogP contribution in [0, 0.1) is 22.0 Å². The number of phenols is 1. The van der Waals surface area contributed by atoms with Crippen molar-refractivity contribution in [2.45, 2.75) is 31.5 Å². The van der Waals surface area contributed by atoms with Crippen molar-refractivity contribution in [3.8, 4) is 5.75 Å². The van der Waals surface area contributed by atoms with E-state index in [9.17, 15) is 54.5 Å². The summed E-state index contributed by atoms with van der Waals surface area (Å²) in [4.78, 5) is 73.9. The van der Waals surface area contributed by atoms with Crippen molar-refractivity contribution in [1.29, 1.82) is 0 Å². The lowest BCUT2D eigenvalue weighted by atomic mass is 9.57. The number of primary amides is 1. The molecule has 1 amide bonds. The van der Waals surface area contributed by atoms with Crippen LogP contribution in [0.5, 0.6) is 5.75 Å². The van der Waals surface area contributed by atoms with Gasteiger partial charge in [-0.15, -0.1) is 0 Å². The Morgan fingerprint density at radius 2 is 1.86 bits per heavy atom. The zero-order valence-corrected chi connectivity index (χ0v) is 18.4. The predicted molar refractivity (Wildman–Crippen MR) is 114 cm³/mol. The standard InChI is InChI=1S/C22H18N2O12/c1-2-10(26)36-18-7-5-9(25)12(21(23)32)19(30)22(7,33)20(31)14-13(18)15(27)6-3-4-8(24(34)35)16(28)11(6)17(14)29/h3-4,7,13,18,28-30,33H,2,5H2,1H3,(H2,23,32)/t7-,13+,18-,22-/m1/s1. The summed E-state index contributed by atoms with van der Waals surface area (Å²) >= 11 is 0. The number of phenolic OH excluding ortho intramolecular Hbond substituents is 1. The molecule has 1 saturated carbocycles. The van der Waals surface area contributed by atoms with E-state index in [1.165, 1.54) is 6.92 Å². The Labute approximate surface area is 200 Å². The summed E-state index contributed by atoms with van der Waals surface area (Å²) in [6.45, 7) is 1.39. The summed E-state index contributed by atoms with van der Waals surface area (Å²) in [5.74, 6) is -13.4. The van der Waals surface area contributed by atoms with Crippen LogP contribution in [0.4, 0.5) is 5.69 Å². The minimum Gasteiger partial charge on any atom is -0.508 e. The quantitative estimate of drug-likeness (QED) is 0.157. The van der Waals surface area contributed by atoms with Gasteiger partial charge in [-0.1, -0.05) is 6.92 Å². The number of nitro groups is 1. The van der Waals surface area contributed by atoms with E-state index in [0.717, 1.165) is 12.1 Å². The second kappa shape index (κ2) is 7.98. The van der Waals surface area contributed by atoms with Gasteiger partial charge in [0.15, 0.2) is 17.2 Å². The number of nitrogens with two attached hydrogens (primary N) is 1. The van der Waals surface area contributed by atoms with E-state index in [1.807, 2.05) is 0 Å². The third-order valence-corrected chi connectivity index (χ3v) is 6.64. The lowest BCUT2D eigenvalue weighted by molar-refractivity contribution is -0.385. The van der Waals surface area contributed by atoms with Crippen molar-refractivity contribution in [3.63, 3.8) is 0 Å². The fourth-order valence-corrected chi connectivity index (χ4v) is 4.97. The molecule has 3 aliphatic carbocycles. The van der Waals surface area contributed by atoms with Gasteiger partial charge in [0, 0.05) is 30.4 Å². The number of aliphatic hydroxyl groups is 3. The first kappa shape index (κ1) is 24.5. The van der Waals surface area contributed by atoms with Gasteiger partial charge in [0.05, 0.1) is 22.0 Å². The summed E-state index contributed by atoms with van der Waals surface area (Å²) in [5, 5.41) is 54.7. The Balaban J connectivity index is 2.07. The smallest absolute Gasteiger partial charge is 0.311 e. The van der Waals surface area contributed by atoms with E-state index in [0.29, 0.717) is 0 Å². The van der Waals surface area contributed by atoms with Crippen LogP contribution in [0.25, 0.3) is 5.76 Å². The van der Waals surface area contributed by atoms with Crippen molar-refractivity contribution < 1.29 is 54.1 Å². The molecule has 6 N–H and O–H groups in total. The van der Waals surface area contributed by atoms with Crippen molar-refractivity contribution in [3.05, 3.63) is 50.3 Å². The van der Waals surface area contributed by atoms with Crippen molar-refractivity contribution in [2.75, 3.05) is 0 Å². The number of benzene rings is 1. The van der Waals surface area contributed by atoms with E-state index < -0.39 is 109 Å². The van der Waals surface area contributed by atoms with Gasteiger partial charge >= 0.3 is 11.7 Å². The second-order valence-corrected chi connectivity index (χ2v) is 8.44. The minimum absolute atomic E-state index is 0.243. The lowest BCUT2D eigenvalue weighted by Gasteiger charge is -2.49. The van der Waals surface area contributed by atoms with E-state index >= 15 is 0 Å². The summed E-state index contributed by atoms with van der Waals surface area (Å²) in [6.07, 6.45) is -2.90. The maximum Gasteiger partial charge on any atom is 0.311 e. The van der Waals surface area contributed by atoms with Gasteiger partial charge in [-0.25, -0.2) is 0 Å². The molecule has 0 bridgehead atoms. The molecule has 0 saturated heterocycles. The van der Waals surface area contributed by atoms with Crippen molar-refractivity contribution >= 4 is 40.7 Å². The Morgan fingerprint density at radius 1 is 1.22 bits per heavy atom. The van der Waals surface area contributed by atoms with Gasteiger partial charge in [-0.2, -0.15) is 0 Å². The molecule has 1 aromatic rings. The Kier molecular flexibility index (Phi) is 5.44. The molecule has 0 radical (unpaired) electrons. The Morgan fingerprint density at radius 3 is 2.42 bits per heavy atom. The molecule has 0 unspecified atom stereocenters. The fraction of sp³-hybridized carbons (Fsp3) is 0.318. The number of Topliss-reactive ketones (excluding diaryl/α,β-unsaturated/α-hetero) is 3. The van der Waals surface area contributed by atoms with Crippen LogP contribution in [0.15, 0.2) is 29.0 Å². The van der Waals surface area contributed by atoms with Gasteiger partial charge in [0.2, 0.25) is 11.5 Å². The van der Waals surface area contributed by atoms with Crippen LogP contribution in [-0.4, -0.2) is 66.3 Å². The van der Waals surface area contributed by atoms with Crippen molar-refractivity contribution in [1.82, 2.24) is 0 Å². The maximum absolute atomic E-state index is 13.6. The highest BCUT2D eigenvalue weighted by atomic mass is 16.6. The molecule has 0 aliphatic heterocycles. The SMILES string of the molecule is CCC(=O)O[C@H]1[C@@H]2C(=O)c3ccc([N+](=O)[O-])c(O)c3C(O)=C2C(=O)[C@]2(O)C(O)=C(C(N)=O)C(=O)C[C@H]12. The molecular formula is C22H18N2O12. The monoisotopic (exact) mass is 502 g/mol. The first-order valence-electron chi connectivity index (χ1n) is 10.5. The van der Waals surface area contributed by atoms with Crippen molar-refractivity contribution in [2.24, 2.45) is 17.6 Å². The highest BCUT2D eigenvalue weighted by Gasteiger charge is 2.67. The van der Waals surface area contributed by atoms with Gasteiger partial charge in [0.25, 0.3) is 5.91 Å². The fourth-order valence-electron chi connectivity index (χ4n) is 4.97. The molecule has 0 aromatic heterocycles. The average Bonchev–Trinajstić information content (AvgIpc) is 2.80. The van der Waals surface area contributed by atoms with E-state index in [-0.39, 0.29) is 6.42 Å². The van der Waals surface area contributed by atoms with Gasteiger partial charge in [0.1, 0.15) is 23.2 Å². The zero-order valence-electron chi connectivity index (χ0n) is 18.4. The number of amides is 1. The maximum atomic E-state index is 13.6. The second-order valence-electron chi connectivity index (χ2n) is 8.44. The molecular weight excluding hydrogens is 484 g/mol. The molecule has 1 aromatic carbocycles. The summed E-state index contributed by atoms with van der Waals surface area (Å²) in [7, 11) is 0. The number of hydrogen-bond acceptors (Lipinski definition) is 12. The number of nitrogens with zero attached hydrogens (tertiary/aromatic N) is 1. The number of aliphatic hydroxyl groups excluding tert-OH is 2. The van der Waals surface area contributed by atoms with E-state index in [1.54, 1.807) is 0 Å². The molecule has 4 atom stereocenters. The molecule has 14 nitrogen and oxygen atoms in total. The molecule has 14 heteroatoms. The number of fused-ring (bicyclic) bond motifs is 3. The van der Waals surface area contributed by atoms with Crippen LogP contribution >= 0.6 is 0 Å². The largest absolute Gasteiger partial charge is 0.508 e. The van der Waals surface area contributed by atoms with Gasteiger partial charge in [-0.05, 0) is 6.07 Å². The van der Waals surface area contributed by atoms with Crippen LogP contribution in [-0.2, 0) is 23.9 Å². The first-order chi connectivity index (χ1) is 16.8. The van der Waals surface area contributed by atoms with E-state index in [2.05, 4.69) is 0 Å². The van der Waals surface area contributed by atoms with Crippen LogP contribution in [0.2, 0.25) is 0 Å².